The summed E-state index contributed by atoms with van der Waals surface area (Å²) in [6.07, 6.45) is 17.5. The van der Waals surface area contributed by atoms with Crippen LogP contribution in [0.15, 0.2) is 0 Å². The minimum absolute atomic E-state index is 0.402. The minimum Gasteiger partial charge on any atom is -0.0995 e. The van der Waals surface area contributed by atoms with Crippen LogP contribution < -0.4 is 0 Å². The van der Waals surface area contributed by atoms with Crippen LogP contribution in [-0.2, 0) is 0 Å². The van der Waals surface area contributed by atoms with Crippen LogP contribution in [0.5, 0.6) is 0 Å². The summed E-state index contributed by atoms with van der Waals surface area (Å²) in [5.41, 5.74) is 0.490. The maximum Gasteiger partial charge on any atom is 0.00726 e. The normalized spacial score (nSPS) is 13.4. The first kappa shape index (κ1) is 22.7. The van der Waals surface area contributed by atoms with Gasteiger partial charge in [0.2, 0.25) is 0 Å². The van der Waals surface area contributed by atoms with E-state index in [2.05, 4.69) is 34.6 Å². The summed E-state index contributed by atoms with van der Waals surface area (Å²) in [5.74, 6) is 0. The molecule has 0 spiro atoms. The van der Waals surface area contributed by atoms with E-state index in [1.165, 1.54) is 83.5 Å². The van der Waals surface area contributed by atoms with Crippen molar-refractivity contribution in [3.05, 3.63) is 0 Å². The molecule has 0 aliphatic rings. The molecule has 0 N–H and O–H groups in total. The van der Waals surface area contributed by atoms with Gasteiger partial charge >= 0.3 is 0 Å². The molecule has 0 saturated heterocycles. The van der Waals surface area contributed by atoms with E-state index in [-0.39, 0.29) is 0 Å². The molecule has 0 aromatic rings. The first-order valence-corrected chi connectivity index (χ1v) is 12.0. The van der Waals surface area contributed by atoms with Crippen LogP contribution in [0, 0.1) is 5.41 Å². The molecule has 0 nitrogen and oxygen atoms in total. The van der Waals surface area contributed by atoms with Crippen molar-refractivity contribution >= 4 is 19.2 Å². The molecule has 2 heteroatoms. The van der Waals surface area contributed by atoms with Crippen molar-refractivity contribution in [2.24, 2.45) is 5.41 Å². The SMILES string of the molecule is CCCCC(CC)(CCCC)C(CCCC)(CCCC)PCl. The van der Waals surface area contributed by atoms with Crippen molar-refractivity contribution in [3.8, 4) is 0 Å². The number of halogens is 1. The number of hydrogen-bond acceptors (Lipinski definition) is 0. The summed E-state index contributed by atoms with van der Waals surface area (Å²) in [6, 6.07) is 0. The molecule has 0 heterocycles. The van der Waals surface area contributed by atoms with Crippen molar-refractivity contribution in [1.82, 2.24) is 0 Å². The van der Waals surface area contributed by atoms with Crippen LogP contribution in [0.3, 0.4) is 0 Å². The second-order valence-corrected chi connectivity index (χ2v) is 8.94. The van der Waals surface area contributed by atoms with E-state index >= 15 is 0 Å². The number of hydrogen-bond donors (Lipinski definition) is 0. The smallest absolute Gasteiger partial charge is 0.00726 e. The van der Waals surface area contributed by atoms with Gasteiger partial charge < -0.3 is 0 Å². The van der Waals surface area contributed by atoms with Gasteiger partial charge in [0.05, 0.1) is 0 Å². The highest BCUT2D eigenvalue weighted by molar-refractivity contribution is 7.69. The van der Waals surface area contributed by atoms with Crippen molar-refractivity contribution in [3.63, 3.8) is 0 Å². The zero-order valence-corrected chi connectivity index (χ0v) is 17.8. The lowest BCUT2D eigenvalue weighted by Crippen LogP contribution is -2.44. The monoisotopic (exact) mass is 348 g/mol. The largest absolute Gasteiger partial charge is 0.0995 e. The Labute approximate surface area is 148 Å². The maximum atomic E-state index is 6.74. The van der Waals surface area contributed by atoms with E-state index in [0.29, 0.717) is 18.5 Å². The van der Waals surface area contributed by atoms with Crippen molar-refractivity contribution in [2.75, 3.05) is 0 Å². The van der Waals surface area contributed by atoms with Gasteiger partial charge in [0.15, 0.2) is 0 Å². The molecule has 0 bridgehead atoms. The summed E-state index contributed by atoms with van der Waals surface area (Å²) in [6.45, 7) is 11.8. The predicted molar refractivity (Wildman–Crippen MR) is 108 cm³/mol. The third kappa shape index (κ3) is 6.32. The fourth-order valence-corrected chi connectivity index (χ4v) is 6.47. The Morgan fingerprint density at radius 2 is 1.00 bits per heavy atom. The quantitative estimate of drug-likeness (QED) is 0.259. The van der Waals surface area contributed by atoms with E-state index in [4.69, 9.17) is 11.2 Å². The zero-order chi connectivity index (χ0) is 16.9. The lowest BCUT2D eigenvalue weighted by atomic mass is 9.63. The second kappa shape index (κ2) is 13.1. The Hall–Kier alpha value is 0.720. The van der Waals surface area contributed by atoms with Gasteiger partial charge in [-0.2, -0.15) is 0 Å². The Kier molecular flexibility index (Phi) is 13.5. The molecule has 0 saturated carbocycles. The van der Waals surface area contributed by atoms with E-state index in [9.17, 15) is 0 Å². The van der Waals surface area contributed by atoms with Crippen LogP contribution in [0.25, 0.3) is 0 Å². The topological polar surface area (TPSA) is 0 Å². The summed E-state index contributed by atoms with van der Waals surface area (Å²) in [5, 5.41) is 0.402. The molecule has 0 aliphatic heterocycles. The average molecular weight is 349 g/mol. The number of unbranched alkanes of at least 4 members (excludes halogenated alkanes) is 4. The predicted octanol–water partition coefficient (Wildman–Crippen LogP) is 8.71. The Morgan fingerprint density at radius 3 is 1.27 bits per heavy atom. The zero-order valence-electron chi connectivity index (χ0n) is 16.1. The molecule has 0 aromatic carbocycles. The Bertz CT molecular complexity index is 210. The molecular weight excluding hydrogens is 307 g/mol. The van der Waals surface area contributed by atoms with Gasteiger partial charge in [-0.15, -0.1) is 0 Å². The third-order valence-corrected chi connectivity index (χ3v) is 8.28. The highest BCUT2D eigenvalue weighted by Gasteiger charge is 2.47. The standard InChI is InChI=1S/C20H42ClP/c1-6-11-15-19(10-5,16-12-7-2)20(22-21,17-13-8-3)18-14-9-4/h22H,6-18H2,1-5H3. The van der Waals surface area contributed by atoms with Gasteiger partial charge in [-0.1, -0.05) is 97.2 Å². The van der Waals surface area contributed by atoms with Crippen molar-refractivity contribution < 1.29 is 0 Å². The molecule has 0 amide bonds. The molecule has 0 fully saturated rings. The molecular formula is C20H42ClP. The highest BCUT2D eigenvalue weighted by atomic mass is 35.7. The van der Waals surface area contributed by atoms with Crippen LogP contribution in [0.4, 0.5) is 0 Å². The van der Waals surface area contributed by atoms with Crippen molar-refractivity contribution in [1.29, 1.82) is 0 Å². The first-order chi connectivity index (χ1) is 10.6. The van der Waals surface area contributed by atoms with Crippen LogP contribution in [0.2, 0.25) is 0 Å². The van der Waals surface area contributed by atoms with E-state index < -0.39 is 0 Å². The molecule has 22 heavy (non-hydrogen) atoms. The molecule has 134 valence electrons. The van der Waals surface area contributed by atoms with Crippen molar-refractivity contribution in [2.45, 2.75) is 123 Å². The Morgan fingerprint density at radius 1 is 0.636 bits per heavy atom. The third-order valence-electron chi connectivity index (χ3n) is 5.80. The lowest BCUT2D eigenvalue weighted by molar-refractivity contribution is 0.120. The van der Waals surface area contributed by atoms with Crippen LogP contribution in [-0.4, -0.2) is 5.16 Å². The van der Waals surface area contributed by atoms with E-state index in [1.54, 1.807) is 0 Å². The summed E-state index contributed by atoms with van der Waals surface area (Å²) >= 11 is 6.74. The summed E-state index contributed by atoms with van der Waals surface area (Å²) < 4.78 is 0. The molecule has 1 atom stereocenters. The van der Waals surface area contributed by atoms with Gasteiger partial charge in [-0.3, -0.25) is 0 Å². The van der Waals surface area contributed by atoms with Crippen LogP contribution >= 0.6 is 19.2 Å². The van der Waals surface area contributed by atoms with E-state index in [1.807, 2.05) is 0 Å². The number of rotatable bonds is 15. The molecule has 0 aromatic heterocycles. The highest BCUT2D eigenvalue weighted by Crippen LogP contribution is 2.60. The van der Waals surface area contributed by atoms with Gasteiger partial charge in [-0.05, 0) is 45.5 Å². The Balaban J connectivity index is 5.51. The van der Waals surface area contributed by atoms with Gasteiger partial charge in [0.25, 0.3) is 0 Å². The molecule has 0 radical (unpaired) electrons. The summed E-state index contributed by atoms with van der Waals surface area (Å²) in [7, 11) is 0.592. The van der Waals surface area contributed by atoms with E-state index in [0.717, 1.165) is 0 Å². The van der Waals surface area contributed by atoms with Gasteiger partial charge in [-0.25, -0.2) is 0 Å². The minimum atomic E-state index is 0.402. The molecule has 0 aliphatic carbocycles. The van der Waals surface area contributed by atoms with Gasteiger partial charge in [0.1, 0.15) is 0 Å². The average Bonchev–Trinajstić information content (AvgIpc) is 2.56. The second-order valence-electron chi connectivity index (χ2n) is 7.22. The maximum absolute atomic E-state index is 6.74. The fraction of sp³-hybridized carbons (Fsp3) is 1.00. The van der Waals surface area contributed by atoms with Crippen LogP contribution in [0.1, 0.15) is 118 Å². The fourth-order valence-electron chi connectivity index (χ4n) is 4.13. The summed E-state index contributed by atoms with van der Waals surface area (Å²) in [4.78, 5) is 0. The first-order valence-electron chi connectivity index (χ1n) is 9.99. The molecule has 1 unspecified atom stereocenters. The van der Waals surface area contributed by atoms with Gasteiger partial charge in [0, 0.05) is 5.16 Å². The molecule has 0 rings (SSSR count). The lowest BCUT2D eigenvalue weighted by Gasteiger charge is -2.51.